The van der Waals surface area contributed by atoms with E-state index in [0.29, 0.717) is 6.42 Å². The molecule has 0 aliphatic carbocycles. The van der Waals surface area contributed by atoms with Gasteiger partial charge in [-0.05, 0) is 13.3 Å². The Kier molecular flexibility index (Phi) is 2.03. The predicted octanol–water partition coefficient (Wildman–Crippen LogP) is 1.77. The molecule has 0 N–H and O–H groups in total. The van der Waals surface area contributed by atoms with Gasteiger partial charge >= 0.3 is 0 Å². The van der Waals surface area contributed by atoms with Crippen molar-refractivity contribution in [2.75, 3.05) is 0 Å². The van der Waals surface area contributed by atoms with Crippen LogP contribution in [0.4, 0.5) is 0 Å². The lowest BCUT2D eigenvalue weighted by Crippen LogP contribution is -2.15. The SMILES string of the molecule is C=CC(C)([O])CC. The molecule has 1 radical (unpaired) electrons. The van der Waals surface area contributed by atoms with Crippen LogP contribution in [0.2, 0.25) is 0 Å². The van der Waals surface area contributed by atoms with Crippen molar-refractivity contribution in [3.8, 4) is 0 Å². The summed E-state index contributed by atoms with van der Waals surface area (Å²) in [6, 6.07) is 0. The van der Waals surface area contributed by atoms with Gasteiger partial charge < -0.3 is 0 Å². The molecular weight excluding hydrogens is 88.1 g/mol. The summed E-state index contributed by atoms with van der Waals surface area (Å²) in [4.78, 5) is 0. The zero-order chi connectivity index (χ0) is 5.91. The fraction of sp³-hybridized carbons (Fsp3) is 0.667. The van der Waals surface area contributed by atoms with Crippen molar-refractivity contribution in [1.82, 2.24) is 0 Å². The van der Waals surface area contributed by atoms with Gasteiger partial charge in [-0.15, -0.1) is 6.58 Å². The zero-order valence-corrected chi connectivity index (χ0v) is 4.90. The first-order chi connectivity index (χ1) is 3.12. The topological polar surface area (TPSA) is 19.9 Å². The second kappa shape index (κ2) is 2.12. The highest BCUT2D eigenvalue weighted by Crippen LogP contribution is 2.08. The molecule has 0 spiro atoms. The van der Waals surface area contributed by atoms with Crippen LogP contribution in [0.15, 0.2) is 12.7 Å². The van der Waals surface area contributed by atoms with Crippen molar-refractivity contribution in [3.05, 3.63) is 12.7 Å². The van der Waals surface area contributed by atoms with E-state index < -0.39 is 5.60 Å². The Balaban J connectivity index is 3.58. The Morgan fingerprint density at radius 2 is 2.29 bits per heavy atom. The van der Waals surface area contributed by atoms with Gasteiger partial charge in [0.2, 0.25) is 0 Å². The van der Waals surface area contributed by atoms with E-state index >= 15 is 0 Å². The van der Waals surface area contributed by atoms with Gasteiger partial charge in [-0.1, -0.05) is 13.0 Å². The molecule has 0 fully saturated rings. The molecule has 0 rings (SSSR count). The summed E-state index contributed by atoms with van der Waals surface area (Å²) < 4.78 is 0. The van der Waals surface area contributed by atoms with Crippen LogP contribution in [-0.2, 0) is 5.11 Å². The Hall–Kier alpha value is -0.300. The maximum atomic E-state index is 10.7. The summed E-state index contributed by atoms with van der Waals surface area (Å²) in [5.41, 5.74) is -0.903. The Bertz CT molecular complexity index is 64.6. The Morgan fingerprint density at radius 3 is 2.29 bits per heavy atom. The molecular formula is C6H11O. The highest BCUT2D eigenvalue weighted by molar-refractivity contribution is 4.89. The molecule has 0 aromatic heterocycles. The predicted molar refractivity (Wildman–Crippen MR) is 29.6 cm³/mol. The van der Waals surface area contributed by atoms with Gasteiger partial charge in [0.25, 0.3) is 0 Å². The van der Waals surface area contributed by atoms with Gasteiger partial charge in [0.05, 0.1) is 0 Å². The monoisotopic (exact) mass is 99.1 g/mol. The smallest absolute Gasteiger partial charge is 0.118 e. The Labute approximate surface area is 44.7 Å². The number of rotatable bonds is 2. The van der Waals surface area contributed by atoms with Gasteiger partial charge in [-0.3, -0.25) is 0 Å². The molecule has 1 nitrogen and oxygen atoms in total. The van der Waals surface area contributed by atoms with Crippen molar-refractivity contribution in [2.24, 2.45) is 0 Å². The second-order valence-electron chi connectivity index (χ2n) is 1.87. The molecule has 1 unspecified atom stereocenters. The molecule has 0 saturated heterocycles. The lowest BCUT2D eigenvalue weighted by molar-refractivity contribution is 0.0286. The third-order valence-electron chi connectivity index (χ3n) is 1.13. The molecule has 0 aliphatic heterocycles. The molecule has 0 aromatic rings. The average Bonchev–Trinajstić information content (AvgIpc) is 1.68. The van der Waals surface area contributed by atoms with Crippen LogP contribution in [-0.4, -0.2) is 5.60 Å². The van der Waals surface area contributed by atoms with Crippen LogP contribution < -0.4 is 0 Å². The van der Waals surface area contributed by atoms with E-state index in [2.05, 4.69) is 6.58 Å². The molecule has 1 atom stereocenters. The van der Waals surface area contributed by atoms with Crippen LogP contribution in [0.1, 0.15) is 20.3 Å². The molecule has 0 heterocycles. The quantitative estimate of drug-likeness (QED) is 0.470. The normalized spacial score (nSPS) is 18.1. The summed E-state index contributed by atoms with van der Waals surface area (Å²) in [6.45, 7) is 6.87. The molecule has 41 valence electrons. The van der Waals surface area contributed by atoms with Crippen molar-refractivity contribution in [3.63, 3.8) is 0 Å². The van der Waals surface area contributed by atoms with Crippen LogP contribution in [0.25, 0.3) is 0 Å². The van der Waals surface area contributed by atoms with E-state index in [-0.39, 0.29) is 0 Å². The largest absolute Gasteiger partial charge is 0.225 e. The van der Waals surface area contributed by atoms with E-state index in [4.69, 9.17) is 0 Å². The molecule has 0 bridgehead atoms. The average molecular weight is 99.2 g/mol. The van der Waals surface area contributed by atoms with Gasteiger partial charge in [-0.25, -0.2) is 5.11 Å². The number of hydrogen-bond donors (Lipinski definition) is 0. The standard InChI is InChI=1S/C6H11O/c1-4-6(3,7)5-2/h4H,1,5H2,2-3H3. The minimum Gasteiger partial charge on any atom is -0.225 e. The van der Waals surface area contributed by atoms with Crippen molar-refractivity contribution >= 4 is 0 Å². The van der Waals surface area contributed by atoms with Gasteiger partial charge in [0.1, 0.15) is 5.60 Å². The summed E-state index contributed by atoms with van der Waals surface area (Å²) >= 11 is 0. The fourth-order valence-electron chi connectivity index (χ4n) is 0.144. The number of hydrogen-bond acceptors (Lipinski definition) is 0. The lowest BCUT2D eigenvalue weighted by Gasteiger charge is -2.09. The fourth-order valence-corrected chi connectivity index (χ4v) is 0.144. The molecule has 0 saturated carbocycles. The van der Waals surface area contributed by atoms with E-state index in [9.17, 15) is 5.11 Å². The zero-order valence-electron chi connectivity index (χ0n) is 4.90. The minimum atomic E-state index is -0.903. The van der Waals surface area contributed by atoms with Crippen molar-refractivity contribution in [1.29, 1.82) is 0 Å². The first kappa shape index (κ1) is 6.70. The van der Waals surface area contributed by atoms with Crippen LogP contribution >= 0.6 is 0 Å². The second-order valence-corrected chi connectivity index (χ2v) is 1.87. The van der Waals surface area contributed by atoms with E-state index in [1.54, 1.807) is 6.92 Å². The molecule has 0 amide bonds. The summed E-state index contributed by atoms with van der Waals surface area (Å²) in [6.07, 6.45) is 2.06. The summed E-state index contributed by atoms with van der Waals surface area (Å²) in [5.74, 6) is 0. The Morgan fingerprint density at radius 1 is 1.86 bits per heavy atom. The van der Waals surface area contributed by atoms with Gasteiger partial charge in [0, 0.05) is 0 Å². The molecule has 0 aromatic carbocycles. The van der Waals surface area contributed by atoms with Crippen LogP contribution in [0, 0.1) is 0 Å². The van der Waals surface area contributed by atoms with Crippen molar-refractivity contribution in [2.45, 2.75) is 25.9 Å². The van der Waals surface area contributed by atoms with E-state index in [1.807, 2.05) is 6.92 Å². The molecule has 1 heteroatoms. The van der Waals surface area contributed by atoms with Crippen LogP contribution in [0.3, 0.4) is 0 Å². The summed E-state index contributed by atoms with van der Waals surface area (Å²) in [7, 11) is 0. The maximum absolute atomic E-state index is 10.7. The van der Waals surface area contributed by atoms with Gasteiger partial charge in [0.15, 0.2) is 0 Å². The third kappa shape index (κ3) is 2.40. The first-order valence-electron chi connectivity index (χ1n) is 2.46. The molecule has 7 heavy (non-hydrogen) atoms. The maximum Gasteiger partial charge on any atom is 0.118 e. The minimum absolute atomic E-state index is 0.622. The van der Waals surface area contributed by atoms with Crippen molar-refractivity contribution < 1.29 is 5.11 Å². The van der Waals surface area contributed by atoms with Crippen LogP contribution in [0.5, 0.6) is 0 Å². The summed E-state index contributed by atoms with van der Waals surface area (Å²) in [5, 5.41) is 10.7. The van der Waals surface area contributed by atoms with Gasteiger partial charge in [-0.2, -0.15) is 0 Å². The lowest BCUT2D eigenvalue weighted by atomic mass is 10.1. The van der Waals surface area contributed by atoms with E-state index in [1.165, 1.54) is 6.08 Å². The highest BCUT2D eigenvalue weighted by atomic mass is 16.3. The molecule has 0 aliphatic rings. The van der Waals surface area contributed by atoms with E-state index in [0.717, 1.165) is 0 Å². The highest BCUT2D eigenvalue weighted by Gasteiger charge is 2.12. The third-order valence-corrected chi connectivity index (χ3v) is 1.13. The first-order valence-corrected chi connectivity index (χ1v) is 2.46.